The van der Waals surface area contributed by atoms with Gasteiger partial charge in [-0.15, -0.1) is 5.10 Å². The van der Waals surface area contributed by atoms with Crippen LogP contribution in [0.15, 0.2) is 36.7 Å². The lowest BCUT2D eigenvalue weighted by Crippen LogP contribution is -2.47. The fourth-order valence-electron chi connectivity index (χ4n) is 3.12. The molecule has 0 aromatic carbocycles. The van der Waals surface area contributed by atoms with Crippen LogP contribution >= 0.6 is 0 Å². The molecule has 0 amide bonds. The van der Waals surface area contributed by atoms with Crippen LogP contribution in [0.5, 0.6) is 0 Å². The average Bonchev–Trinajstić information content (AvgIpc) is 2.61. The van der Waals surface area contributed by atoms with E-state index in [2.05, 4.69) is 50.2 Å². The van der Waals surface area contributed by atoms with Gasteiger partial charge in [-0.1, -0.05) is 0 Å². The van der Waals surface area contributed by atoms with Crippen LogP contribution < -0.4 is 4.90 Å². The molecule has 23 heavy (non-hydrogen) atoms. The van der Waals surface area contributed by atoms with Gasteiger partial charge in [0.15, 0.2) is 5.82 Å². The second-order valence-electron chi connectivity index (χ2n) is 6.36. The Labute approximate surface area is 138 Å². The summed E-state index contributed by atoms with van der Waals surface area (Å²) in [5, 5.41) is 8.53. The summed E-state index contributed by atoms with van der Waals surface area (Å²) in [4.78, 5) is 8.92. The topological polar surface area (TPSA) is 45.2 Å². The molecule has 0 saturated carbocycles. The van der Waals surface area contributed by atoms with Gasteiger partial charge >= 0.3 is 0 Å². The highest BCUT2D eigenvalue weighted by Gasteiger charge is 2.24. The second-order valence-corrected chi connectivity index (χ2v) is 6.36. The highest BCUT2D eigenvalue weighted by atomic mass is 15.3. The van der Waals surface area contributed by atoms with Crippen LogP contribution in [0.4, 0.5) is 5.82 Å². The summed E-state index contributed by atoms with van der Waals surface area (Å²) >= 11 is 0. The van der Waals surface area contributed by atoms with Crippen LogP contribution in [0.3, 0.4) is 0 Å². The SMILES string of the molecule is Cc1ccc(N2CCC[C@H](N(C)CCc3ccncc3)C2)nn1. The molecule has 5 nitrogen and oxygen atoms in total. The molecule has 5 heteroatoms. The number of nitrogens with zero attached hydrogens (tertiary/aromatic N) is 5. The van der Waals surface area contributed by atoms with Gasteiger partial charge in [0.25, 0.3) is 0 Å². The molecule has 122 valence electrons. The molecule has 1 atom stereocenters. The van der Waals surface area contributed by atoms with Crippen LogP contribution in [0.2, 0.25) is 0 Å². The Hall–Kier alpha value is -2.01. The molecule has 0 aliphatic carbocycles. The molecular weight excluding hydrogens is 286 g/mol. The Morgan fingerprint density at radius 3 is 2.74 bits per heavy atom. The molecule has 1 aliphatic rings. The van der Waals surface area contributed by atoms with E-state index in [1.165, 1.54) is 18.4 Å². The van der Waals surface area contributed by atoms with Gasteiger partial charge in [-0.05, 0) is 63.1 Å². The van der Waals surface area contributed by atoms with Crippen LogP contribution in [-0.4, -0.2) is 52.8 Å². The molecule has 0 bridgehead atoms. The number of likely N-dealkylation sites (N-methyl/N-ethyl adjacent to an activating group) is 1. The van der Waals surface area contributed by atoms with Crippen molar-refractivity contribution in [2.75, 3.05) is 31.6 Å². The van der Waals surface area contributed by atoms with Crippen LogP contribution in [0.1, 0.15) is 24.1 Å². The predicted octanol–water partition coefficient (Wildman–Crippen LogP) is 2.32. The first kappa shape index (κ1) is 15.9. The summed E-state index contributed by atoms with van der Waals surface area (Å²) in [5.74, 6) is 1.00. The van der Waals surface area contributed by atoms with E-state index in [1.807, 2.05) is 25.4 Å². The van der Waals surface area contributed by atoms with Crippen molar-refractivity contribution < 1.29 is 0 Å². The molecule has 3 rings (SSSR count). The minimum Gasteiger partial charge on any atom is -0.354 e. The number of aromatic nitrogens is 3. The molecule has 1 fully saturated rings. The number of piperidine rings is 1. The van der Waals surface area contributed by atoms with Crippen LogP contribution in [0, 0.1) is 6.92 Å². The second kappa shape index (κ2) is 7.51. The van der Waals surface area contributed by atoms with Crippen molar-refractivity contribution in [2.24, 2.45) is 0 Å². The Kier molecular flexibility index (Phi) is 5.18. The Morgan fingerprint density at radius 2 is 2.00 bits per heavy atom. The van der Waals surface area contributed by atoms with E-state index in [1.54, 1.807) is 0 Å². The first-order chi connectivity index (χ1) is 11.2. The molecule has 0 unspecified atom stereocenters. The summed E-state index contributed by atoms with van der Waals surface area (Å²) in [6, 6.07) is 8.90. The summed E-state index contributed by atoms with van der Waals surface area (Å²) in [5.41, 5.74) is 2.32. The minimum absolute atomic E-state index is 0.577. The number of rotatable bonds is 5. The zero-order valence-electron chi connectivity index (χ0n) is 14.0. The standard InChI is InChI=1S/C18H25N5/c1-15-5-6-18(21-20-15)23-12-3-4-17(14-23)22(2)13-9-16-7-10-19-11-8-16/h5-8,10-11,17H,3-4,9,12-14H2,1-2H3/t17-/m0/s1. The highest BCUT2D eigenvalue weighted by Crippen LogP contribution is 2.20. The summed E-state index contributed by atoms with van der Waals surface area (Å²) in [6.07, 6.45) is 7.27. The van der Waals surface area contributed by atoms with Gasteiger partial charge in [0, 0.05) is 38.1 Å². The zero-order chi connectivity index (χ0) is 16.1. The van der Waals surface area contributed by atoms with Crippen molar-refractivity contribution in [1.29, 1.82) is 0 Å². The fraction of sp³-hybridized carbons (Fsp3) is 0.500. The summed E-state index contributed by atoms with van der Waals surface area (Å²) in [7, 11) is 2.23. The molecule has 2 aromatic rings. The van der Waals surface area contributed by atoms with Gasteiger partial charge < -0.3 is 9.80 Å². The van der Waals surface area contributed by atoms with Crippen molar-refractivity contribution in [3.63, 3.8) is 0 Å². The lowest BCUT2D eigenvalue weighted by Gasteiger charge is -2.38. The minimum atomic E-state index is 0.577. The maximum absolute atomic E-state index is 4.34. The molecule has 1 saturated heterocycles. The molecular formula is C18H25N5. The van der Waals surface area contributed by atoms with Crippen molar-refractivity contribution in [3.8, 4) is 0 Å². The number of anilines is 1. The monoisotopic (exact) mass is 311 g/mol. The van der Waals surface area contributed by atoms with E-state index in [0.717, 1.165) is 37.6 Å². The van der Waals surface area contributed by atoms with E-state index in [9.17, 15) is 0 Å². The molecule has 0 N–H and O–H groups in total. The first-order valence-corrected chi connectivity index (χ1v) is 8.37. The quantitative estimate of drug-likeness (QED) is 0.848. The smallest absolute Gasteiger partial charge is 0.151 e. The van der Waals surface area contributed by atoms with Crippen molar-refractivity contribution in [3.05, 3.63) is 47.9 Å². The molecule has 0 radical (unpaired) electrons. The van der Waals surface area contributed by atoms with E-state index < -0.39 is 0 Å². The van der Waals surface area contributed by atoms with Crippen molar-refractivity contribution in [2.45, 2.75) is 32.2 Å². The average molecular weight is 311 g/mol. The third-order valence-electron chi connectivity index (χ3n) is 4.63. The first-order valence-electron chi connectivity index (χ1n) is 8.37. The third kappa shape index (κ3) is 4.26. The Bertz CT molecular complexity index is 599. The number of aryl methyl sites for hydroxylation is 1. The fourth-order valence-corrected chi connectivity index (χ4v) is 3.12. The lowest BCUT2D eigenvalue weighted by molar-refractivity contribution is 0.217. The van der Waals surface area contributed by atoms with E-state index >= 15 is 0 Å². The van der Waals surface area contributed by atoms with E-state index in [4.69, 9.17) is 0 Å². The van der Waals surface area contributed by atoms with Gasteiger partial charge in [0.05, 0.1) is 5.69 Å². The zero-order valence-corrected chi connectivity index (χ0v) is 14.0. The van der Waals surface area contributed by atoms with E-state index in [0.29, 0.717) is 6.04 Å². The largest absolute Gasteiger partial charge is 0.354 e. The van der Waals surface area contributed by atoms with Gasteiger partial charge in [0.2, 0.25) is 0 Å². The van der Waals surface area contributed by atoms with Crippen LogP contribution in [0.25, 0.3) is 0 Å². The normalized spacial score (nSPS) is 18.4. The van der Waals surface area contributed by atoms with Gasteiger partial charge in [-0.25, -0.2) is 0 Å². The lowest BCUT2D eigenvalue weighted by atomic mass is 10.0. The maximum Gasteiger partial charge on any atom is 0.151 e. The van der Waals surface area contributed by atoms with Crippen molar-refractivity contribution >= 4 is 5.82 Å². The Balaban J connectivity index is 1.56. The molecule has 3 heterocycles. The van der Waals surface area contributed by atoms with Gasteiger partial charge in [0.1, 0.15) is 0 Å². The van der Waals surface area contributed by atoms with Crippen molar-refractivity contribution in [1.82, 2.24) is 20.1 Å². The number of hydrogen-bond acceptors (Lipinski definition) is 5. The Morgan fingerprint density at radius 1 is 1.17 bits per heavy atom. The summed E-state index contributed by atoms with van der Waals surface area (Å²) < 4.78 is 0. The van der Waals surface area contributed by atoms with Crippen LogP contribution in [-0.2, 0) is 6.42 Å². The maximum atomic E-state index is 4.34. The predicted molar refractivity (Wildman–Crippen MR) is 92.6 cm³/mol. The highest BCUT2D eigenvalue weighted by molar-refractivity contribution is 5.38. The van der Waals surface area contributed by atoms with E-state index in [-0.39, 0.29) is 0 Å². The number of hydrogen-bond donors (Lipinski definition) is 0. The molecule has 1 aliphatic heterocycles. The molecule has 2 aromatic heterocycles. The van der Waals surface area contributed by atoms with Gasteiger partial charge in [-0.2, -0.15) is 5.10 Å². The van der Waals surface area contributed by atoms with Gasteiger partial charge in [-0.3, -0.25) is 4.98 Å². The molecule has 0 spiro atoms. The number of pyridine rings is 1. The summed E-state index contributed by atoms with van der Waals surface area (Å²) in [6.45, 7) is 5.15. The third-order valence-corrected chi connectivity index (χ3v) is 4.63.